The summed E-state index contributed by atoms with van der Waals surface area (Å²) in [6.07, 6.45) is 8.43. The van der Waals surface area contributed by atoms with E-state index in [1.165, 1.54) is 77.4 Å². The molecule has 4 nitrogen and oxygen atoms in total. The summed E-state index contributed by atoms with van der Waals surface area (Å²) < 4.78 is 2.47. The molecule has 2 heterocycles. The lowest BCUT2D eigenvalue weighted by Gasteiger charge is -2.38. The summed E-state index contributed by atoms with van der Waals surface area (Å²) in [7, 11) is 2.21. The Bertz CT molecular complexity index is 3240. The van der Waals surface area contributed by atoms with Gasteiger partial charge in [-0.1, -0.05) is 182 Å². The standard InChI is InChI=1S/C56H42N4/c1-58(54(44-26-12-15-29-47(44)57)38-34-32-37(33-35-38)36-18-4-2-5-19-36)60-49-31-17-14-28-46(49)53-51-40-22-8-10-24-42(40)55-52(50(51)41-23-9-11-25-43(41)56(53)60)45-27-13-16-30-48(45)59(55)39-20-6-3-7-21-39/h2-35,47,52,55H,57H2,1H3/b54-44-. The number of benzene rings is 8. The van der Waals surface area contributed by atoms with Gasteiger partial charge in [-0.2, -0.15) is 0 Å². The molecule has 0 saturated carbocycles. The topological polar surface area (TPSA) is 37.4 Å². The fraction of sp³-hybridized carbons (Fsp3) is 0.0714. The lowest BCUT2D eigenvalue weighted by Crippen LogP contribution is -2.33. The van der Waals surface area contributed by atoms with Crippen LogP contribution in [-0.2, 0) is 0 Å². The molecule has 9 aromatic rings. The second-order valence-corrected chi connectivity index (χ2v) is 16.2. The average Bonchev–Trinajstić information content (AvgIpc) is 3.85. The Morgan fingerprint density at radius 2 is 1.22 bits per heavy atom. The molecular weight excluding hydrogens is 729 g/mol. The predicted molar refractivity (Wildman–Crippen MR) is 251 cm³/mol. The zero-order valence-corrected chi connectivity index (χ0v) is 33.3. The third-order valence-electron chi connectivity index (χ3n) is 13.1. The summed E-state index contributed by atoms with van der Waals surface area (Å²) >= 11 is 0. The molecule has 3 atom stereocenters. The zero-order valence-electron chi connectivity index (χ0n) is 33.3. The number of aromatic nitrogens is 1. The Labute approximate surface area is 350 Å². The van der Waals surface area contributed by atoms with Gasteiger partial charge in [0.15, 0.2) is 0 Å². The van der Waals surface area contributed by atoms with E-state index in [9.17, 15) is 0 Å². The summed E-state index contributed by atoms with van der Waals surface area (Å²) in [5.74, 6) is 0.110. The molecule has 60 heavy (non-hydrogen) atoms. The number of anilines is 2. The number of nitrogens with zero attached hydrogens (tertiary/aromatic N) is 3. The fourth-order valence-corrected chi connectivity index (χ4v) is 10.7. The van der Waals surface area contributed by atoms with E-state index >= 15 is 0 Å². The van der Waals surface area contributed by atoms with Crippen molar-refractivity contribution in [3.63, 3.8) is 0 Å². The van der Waals surface area contributed by atoms with Crippen molar-refractivity contribution >= 4 is 49.7 Å². The maximum atomic E-state index is 7.00. The van der Waals surface area contributed by atoms with Crippen LogP contribution < -0.4 is 15.6 Å². The summed E-state index contributed by atoms with van der Waals surface area (Å²) in [5, 5.41) is 7.38. The molecule has 0 fully saturated rings. The Hall–Kier alpha value is -7.40. The molecule has 12 rings (SSSR count). The van der Waals surface area contributed by atoms with Crippen molar-refractivity contribution in [3.8, 4) is 22.3 Å². The first-order valence-electron chi connectivity index (χ1n) is 20.9. The van der Waals surface area contributed by atoms with Gasteiger partial charge in [0, 0.05) is 46.1 Å². The lowest BCUT2D eigenvalue weighted by atomic mass is 9.71. The van der Waals surface area contributed by atoms with Gasteiger partial charge in [-0.15, -0.1) is 0 Å². The van der Waals surface area contributed by atoms with Gasteiger partial charge < -0.3 is 10.6 Å². The van der Waals surface area contributed by atoms with E-state index in [4.69, 9.17) is 5.73 Å². The number of fused-ring (bicyclic) bond motifs is 15. The molecule has 0 amide bonds. The number of para-hydroxylation sites is 3. The lowest BCUT2D eigenvalue weighted by molar-refractivity contribution is 0.654. The van der Waals surface area contributed by atoms with Crippen LogP contribution in [0.4, 0.5) is 11.4 Å². The monoisotopic (exact) mass is 770 g/mol. The highest BCUT2D eigenvalue weighted by molar-refractivity contribution is 6.26. The van der Waals surface area contributed by atoms with Crippen LogP contribution in [0.3, 0.4) is 0 Å². The van der Waals surface area contributed by atoms with E-state index in [0.29, 0.717) is 0 Å². The minimum atomic E-state index is -0.266. The Morgan fingerprint density at radius 1 is 0.583 bits per heavy atom. The van der Waals surface area contributed by atoms with E-state index in [-0.39, 0.29) is 18.0 Å². The number of nitrogens with two attached hydrogens (primary N) is 1. The first kappa shape index (κ1) is 34.6. The van der Waals surface area contributed by atoms with E-state index in [1.54, 1.807) is 0 Å². The maximum absolute atomic E-state index is 7.00. The van der Waals surface area contributed by atoms with Gasteiger partial charge in [-0.3, -0.25) is 9.69 Å². The average molecular weight is 771 g/mol. The van der Waals surface area contributed by atoms with Crippen molar-refractivity contribution in [3.05, 3.63) is 234 Å². The van der Waals surface area contributed by atoms with Crippen LogP contribution >= 0.6 is 0 Å². The van der Waals surface area contributed by atoms with Gasteiger partial charge >= 0.3 is 0 Å². The third-order valence-corrected chi connectivity index (χ3v) is 13.1. The van der Waals surface area contributed by atoms with Crippen molar-refractivity contribution in [2.24, 2.45) is 5.73 Å². The zero-order chi connectivity index (χ0) is 39.9. The second kappa shape index (κ2) is 13.6. The number of hydrogen-bond acceptors (Lipinski definition) is 3. The third kappa shape index (κ3) is 5.01. The maximum Gasteiger partial charge on any atom is 0.0796 e. The van der Waals surface area contributed by atoms with Crippen LogP contribution in [0, 0.1) is 0 Å². The van der Waals surface area contributed by atoms with Gasteiger partial charge in [0.1, 0.15) is 0 Å². The van der Waals surface area contributed by atoms with Crippen molar-refractivity contribution in [1.82, 2.24) is 4.68 Å². The van der Waals surface area contributed by atoms with E-state index in [2.05, 4.69) is 228 Å². The minimum absolute atomic E-state index is 0.0909. The van der Waals surface area contributed by atoms with Crippen LogP contribution in [-0.4, -0.2) is 17.8 Å². The van der Waals surface area contributed by atoms with Crippen LogP contribution in [0.1, 0.15) is 34.2 Å². The highest BCUT2D eigenvalue weighted by Crippen LogP contribution is 2.63. The molecule has 0 spiro atoms. The van der Waals surface area contributed by atoms with Gasteiger partial charge in [0.2, 0.25) is 0 Å². The van der Waals surface area contributed by atoms with Crippen LogP contribution in [0.5, 0.6) is 0 Å². The SMILES string of the molecule is CN(/C(=C1/C=CC=CC1N)c1ccc(-c2ccccc2)cc1)n1c2ccccc2c2c3c(c4ccccc4c21)C1c2ccccc2N(c2ccccc2)C1c1ccccc1-3. The molecule has 0 bridgehead atoms. The highest BCUT2D eigenvalue weighted by Gasteiger charge is 2.47. The molecule has 0 radical (unpaired) electrons. The van der Waals surface area contributed by atoms with Crippen molar-refractivity contribution < 1.29 is 0 Å². The van der Waals surface area contributed by atoms with Crippen LogP contribution in [0.25, 0.3) is 60.5 Å². The number of rotatable bonds is 5. The Balaban J connectivity index is 1.17. The van der Waals surface area contributed by atoms with Gasteiger partial charge in [-0.05, 0) is 74.2 Å². The molecule has 8 aromatic carbocycles. The van der Waals surface area contributed by atoms with Crippen molar-refractivity contribution in [1.29, 1.82) is 0 Å². The molecule has 2 aliphatic carbocycles. The summed E-state index contributed by atoms with van der Waals surface area (Å²) in [4.78, 5) is 2.59. The molecule has 3 unspecified atom stereocenters. The first-order valence-corrected chi connectivity index (χ1v) is 20.9. The molecule has 2 N–H and O–H groups in total. The normalized spacial score (nSPS) is 18.4. The molecule has 1 aromatic heterocycles. The Morgan fingerprint density at radius 3 is 2.00 bits per heavy atom. The minimum Gasteiger partial charge on any atom is -0.333 e. The van der Waals surface area contributed by atoms with E-state index < -0.39 is 0 Å². The molecular formula is C56H42N4. The molecule has 1 aliphatic heterocycles. The molecule has 286 valence electrons. The largest absolute Gasteiger partial charge is 0.333 e. The smallest absolute Gasteiger partial charge is 0.0796 e. The fourth-order valence-electron chi connectivity index (χ4n) is 10.7. The van der Waals surface area contributed by atoms with Gasteiger partial charge in [0.05, 0.1) is 28.8 Å². The molecule has 3 aliphatic rings. The predicted octanol–water partition coefficient (Wildman–Crippen LogP) is 13.1. The number of hydrogen-bond donors (Lipinski definition) is 1. The van der Waals surface area contributed by atoms with Crippen molar-refractivity contribution in [2.45, 2.75) is 18.0 Å². The summed E-state index contributed by atoms with van der Waals surface area (Å²) in [6.45, 7) is 0. The number of allylic oxidation sites excluding steroid dienone is 2. The van der Waals surface area contributed by atoms with Crippen LogP contribution in [0.2, 0.25) is 0 Å². The van der Waals surface area contributed by atoms with Gasteiger partial charge in [0.25, 0.3) is 0 Å². The summed E-state index contributed by atoms with van der Waals surface area (Å²) in [5.41, 5.74) is 24.2. The highest BCUT2D eigenvalue weighted by atomic mass is 15.5. The Kier molecular flexibility index (Phi) is 7.84. The quantitative estimate of drug-likeness (QED) is 0.189. The van der Waals surface area contributed by atoms with E-state index in [0.717, 1.165) is 22.4 Å². The summed E-state index contributed by atoms with van der Waals surface area (Å²) in [6, 6.07) is 66.7. The first-order chi connectivity index (χ1) is 29.7. The molecule has 0 saturated heterocycles. The van der Waals surface area contributed by atoms with Crippen molar-refractivity contribution in [2.75, 3.05) is 17.0 Å². The van der Waals surface area contributed by atoms with Gasteiger partial charge in [-0.25, -0.2) is 0 Å². The molecule has 4 heteroatoms. The van der Waals surface area contributed by atoms with Crippen LogP contribution in [0.15, 0.2) is 212 Å². The van der Waals surface area contributed by atoms with E-state index in [1.807, 2.05) is 0 Å². The second-order valence-electron chi connectivity index (χ2n) is 16.2.